The molecule has 1 N–H and O–H groups in total. The standard InChI is InChI=1S/C26H20N6O/c1-2-20-14-24(25-19(15-27)6-5-9-23(25)28-20)33-16-17-10-12-18(13-11-17)21-7-3-4-8-22(21)26-29-31-32-30-26/h3-14H,2,16H2,1H3,(H,29,30,31,32). The molecular formula is C26H20N6O. The van der Waals surface area contributed by atoms with Gasteiger partial charge >= 0.3 is 0 Å². The second-order valence-electron chi connectivity index (χ2n) is 7.54. The number of fused-ring (bicyclic) bond motifs is 1. The Balaban J connectivity index is 1.42. The zero-order valence-electron chi connectivity index (χ0n) is 18.0. The highest BCUT2D eigenvalue weighted by Crippen LogP contribution is 2.31. The Labute approximate surface area is 190 Å². The monoisotopic (exact) mass is 432 g/mol. The minimum Gasteiger partial charge on any atom is -0.488 e. The number of nitrogens with one attached hydrogen (secondary N) is 1. The Hall–Kier alpha value is -4.57. The van der Waals surface area contributed by atoms with Gasteiger partial charge in [0.2, 0.25) is 5.82 Å². The quantitative estimate of drug-likeness (QED) is 0.401. The van der Waals surface area contributed by atoms with Crippen LogP contribution < -0.4 is 4.74 Å². The lowest BCUT2D eigenvalue weighted by Crippen LogP contribution is -2.00. The van der Waals surface area contributed by atoms with Gasteiger partial charge in [0.05, 0.1) is 22.5 Å². The second-order valence-corrected chi connectivity index (χ2v) is 7.54. The summed E-state index contributed by atoms with van der Waals surface area (Å²) in [5.74, 6) is 1.24. The van der Waals surface area contributed by atoms with Crippen LogP contribution in [0.1, 0.15) is 23.7 Å². The minimum absolute atomic E-state index is 0.384. The SMILES string of the molecule is CCc1cc(OCc2ccc(-c3ccccc3-c3nn[nH]n3)cc2)c2c(C#N)cccc2n1. The summed E-state index contributed by atoms with van der Waals surface area (Å²) in [6, 6.07) is 25.9. The molecule has 0 unspecified atom stereocenters. The van der Waals surface area contributed by atoms with Crippen molar-refractivity contribution in [2.45, 2.75) is 20.0 Å². The molecule has 0 aliphatic rings. The number of nitriles is 1. The molecule has 7 heteroatoms. The molecule has 0 saturated heterocycles. The lowest BCUT2D eigenvalue weighted by molar-refractivity contribution is 0.309. The summed E-state index contributed by atoms with van der Waals surface area (Å²) >= 11 is 0. The summed E-state index contributed by atoms with van der Waals surface area (Å²) < 4.78 is 6.20. The van der Waals surface area contributed by atoms with E-state index in [-0.39, 0.29) is 0 Å². The molecule has 0 amide bonds. The maximum atomic E-state index is 9.55. The van der Waals surface area contributed by atoms with Crippen LogP contribution in [0.5, 0.6) is 5.75 Å². The van der Waals surface area contributed by atoms with Crippen molar-refractivity contribution in [2.75, 3.05) is 0 Å². The first-order chi connectivity index (χ1) is 16.3. The van der Waals surface area contributed by atoms with E-state index in [1.54, 1.807) is 6.07 Å². The third-order valence-corrected chi connectivity index (χ3v) is 5.51. The summed E-state index contributed by atoms with van der Waals surface area (Å²) in [6.07, 6.45) is 0.789. The van der Waals surface area contributed by atoms with Crippen LogP contribution in [-0.4, -0.2) is 25.6 Å². The lowest BCUT2D eigenvalue weighted by Gasteiger charge is -2.13. The smallest absolute Gasteiger partial charge is 0.205 e. The van der Waals surface area contributed by atoms with Gasteiger partial charge in [-0.1, -0.05) is 61.5 Å². The lowest BCUT2D eigenvalue weighted by atomic mass is 9.98. The van der Waals surface area contributed by atoms with Crippen molar-refractivity contribution in [1.29, 1.82) is 5.26 Å². The molecule has 2 aromatic heterocycles. The van der Waals surface area contributed by atoms with Gasteiger partial charge in [-0.25, -0.2) is 0 Å². The van der Waals surface area contributed by atoms with Crippen molar-refractivity contribution in [3.63, 3.8) is 0 Å². The summed E-state index contributed by atoms with van der Waals surface area (Å²) in [7, 11) is 0. The Bertz CT molecular complexity index is 1450. The van der Waals surface area contributed by atoms with E-state index in [9.17, 15) is 5.26 Å². The molecule has 5 aromatic rings. The van der Waals surface area contributed by atoms with Crippen LogP contribution in [-0.2, 0) is 13.0 Å². The van der Waals surface area contributed by atoms with E-state index in [0.717, 1.165) is 45.3 Å². The highest BCUT2D eigenvalue weighted by atomic mass is 16.5. The van der Waals surface area contributed by atoms with E-state index >= 15 is 0 Å². The predicted molar refractivity (Wildman–Crippen MR) is 125 cm³/mol. The molecule has 160 valence electrons. The van der Waals surface area contributed by atoms with Crippen LogP contribution in [0.4, 0.5) is 0 Å². The van der Waals surface area contributed by atoms with Gasteiger partial charge in [0.15, 0.2) is 0 Å². The number of aromatic nitrogens is 5. The molecule has 0 aliphatic heterocycles. The van der Waals surface area contributed by atoms with E-state index in [4.69, 9.17) is 4.74 Å². The molecule has 0 fully saturated rings. The Kier molecular flexibility index (Phi) is 5.48. The van der Waals surface area contributed by atoms with Gasteiger partial charge in [-0.05, 0) is 40.5 Å². The predicted octanol–water partition coefficient (Wildman–Crippen LogP) is 5.09. The molecule has 5 rings (SSSR count). The highest BCUT2D eigenvalue weighted by Gasteiger charge is 2.13. The van der Waals surface area contributed by atoms with Crippen molar-refractivity contribution in [1.82, 2.24) is 25.6 Å². The number of hydrogen-bond donors (Lipinski definition) is 1. The van der Waals surface area contributed by atoms with Gasteiger partial charge in [0.25, 0.3) is 0 Å². The van der Waals surface area contributed by atoms with Crippen LogP contribution in [0.3, 0.4) is 0 Å². The first-order valence-electron chi connectivity index (χ1n) is 10.6. The second kappa shape index (κ2) is 8.89. The largest absolute Gasteiger partial charge is 0.488 e. The molecule has 0 aliphatic carbocycles. The summed E-state index contributed by atoms with van der Waals surface area (Å²) in [4.78, 5) is 4.64. The average molecular weight is 432 g/mol. The number of tetrazole rings is 1. The van der Waals surface area contributed by atoms with Crippen LogP contribution in [0.25, 0.3) is 33.4 Å². The van der Waals surface area contributed by atoms with Crippen molar-refractivity contribution >= 4 is 10.9 Å². The molecule has 0 saturated carbocycles. The molecule has 3 aromatic carbocycles. The first kappa shape index (κ1) is 20.3. The van der Waals surface area contributed by atoms with E-state index < -0.39 is 0 Å². The Morgan fingerprint density at radius 2 is 1.79 bits per heavy atom. The van der Waals surface area contributed by atoms with E-state index in [1.165, 1.54) is 0 Å². The highest BCUT2D eigenvalue weighted by molar-refractivity contribution is 5.90. The van der Waals surface area contributed by atoms with E-state index in [0.29, 0.717) is 23.7 Å². The fourth-order valence-electron chi connectivity index (χ4n) is 3.84. The molecule has 2 heterocycles. The van der Waals surface area contributed by atoms with Crippen LogP contribution in [0, 0.1) is 11.3 Å². The Morgan fingerprint density at radius 3 is 2.52 bits per heavy atom. The fourth-order valence-corrected chi connectivity index (χ4v) is 3.84. The number of nitrogens with zero attached hydrogens (tertiary/aromatic N) is 5. The van der Waals surface area contributed by atoms with Crippen molar-refractivity contribution < 1.29 is 4.74 Å². The zero-order chi connectivity index (χ0) is 22.6. The van der Waals surface area contributed by atoms with Gasteiger partial charge in [0, 0.05) is 17.3 Å². The van der Waals surface area contributed by atoms with Gasteiger partial charge in [-0.15, -0.1) is 10.2 Å². The molecule has 7 nitrogen and oxygen atoms in total. The third kappa shape index (κ3) is 4.02. The maximum absolute atomic E-state index is 9.55. The van der Waals surface area contributed by atoms with E-state index in [1.807, 2.05) is 54.6 Å². The topological polar surface area (TPSA) is 100 Å². The van der Waals surface area contributed by atoms with Crippen molar-refractivity contribution in [3.8, 4) is 34.3 Å². The zero-order valence-corrected chi connectivity index (χ0v) is 18.0. The summed E-state index contributed by atoms with van der Waals surface area (Å²) in [5, 5.41) is 24.7. The minimum atomic E-state index is 0.384. The Morgan fingerprint density at radius 1 is 0.970 bits per heavy atom. The van der Waals surface area contributed by atoms with Gasteiger partial charge in [-0.2, -0.15) is 10.5 Å². The first-order valence-corrected chi connectivity index (χ1v) is 10.6. The molecule has 0 radical (unpaired) electrons. The normalized spacial score (nSPS) is 10.8. The molecule has 0 bridgehead atoms. The van der Waals surface area contributed by atoms with Crippen LogP contribution >= 0.6 is 0 Å². The van der Waals surface area contributed by atoms with Crippen molar-refractivity contribution in [3.05, 3.63) is 89.6 Å². The molecule has 0 spiro atoms. The maximum Gasteiger partial charge on any atom is 0.205 e. The number of aromatic amines is 1. The van der Waals surface area contributed by atoms with Gasteiger partial charge in [-0.3, -0.25) is 4.98 Å². The average Bonchev–Trinajstić information content (AvgIpc) is 3.42. The van der Waals surface area contributed by atoms with Gasteiger partial charge in [0.1, 0.15) is 12.4 Å². The van der Waals surface area contributed by atoms with E-state index in [2.05, 4.69) is 50.7 Å². The fraction of sp³-hybridized carbons (Fsp3) is 0.115. The number of hydrogen-bond acceptors (Lipinski definition) is 6. The van der Waals surface area contributed by atoms with Crippen LogP contribution in [0.2, 0.25) is 0 Å². The number of aryl methyl sites for hydroxylation is 1. The summed E-state index contributed by atoms with van der Waals surface area (Å²) in [6.45, 7) is 2.44. The third-order valence-electron chi connectivity index (χ3n) is 5.51. The number of pyridine rings is 1. The number of H-pyrrole nitrogens is 1. The number of rotatable bonds is 6. The summed E-state index contributed by atoms with van der Waals surface area (Å²) in [5.41, 5.74) is 6.28. The molecular weight excluding hydrogens is 412 g/mol. The van der Waals surface area contributed by atoms with Crippen LogP contribution in [0.15, 0.2) is 72.8 Å². The molecule has 0 atom stereocenters. The van der Waals surface area contributed by atoms with Gasteiger partial charge < -0.3 is 4.74 Å². The number of benzene rings is 3. The van der Waals surface area contributed by atoms with Crippen molar-refractivity contribution in [2.24, 2.45) is 0 Å². The number of ether oxygens (including phenoxy) is 1. The molecule has 33 heavy (non-hydrogen) atoms.